The number of aryl methyl sites for hydroxylation is 1. The van der Waals surface area contributed by atoms with Crippen LogP contribution in [0.5, 0.6) is 0 Å². The van der Waals surface area contributed by atoms with Crippen molar-refractivity contribution in [3.8, 4) is 0 Å². The van der Waals surface area contributed by atoms with Crippen molar-refractivity contribution in [2.24, 2.45) is 0 Å². The summed E-state index contributed by atoms with van der Waals surface area (Å²) in [6.07, 6.45) is 3.28. The van der Waals surface area contributed by atoms with Gasteiger partial charge in [0.25, 0.3) is 0 Å². The summed E-state index contributed by atoms with van der Waals surface area (Å²) in [5.41, 5.74) is -0.625. The predicted molar refractivity (Wildman–Crippen MR) is 114 cm³/mol. The van der Waals surface area contributed by atoms with E-state index in [4.69, 9.17) is 23.2 Å². The highest BCUT2D eigenvalue weighted by Gasteiger charge is 2.41. The molecule has 4 aromatic rings. The Balaban J connectivity index is 1.92. The van der Waals surface area contributed by atoms with E-state index in [9.17, 15) is 13.9 Å². The zero-order valence-electron chi connectivity index (χ0n) is 16.7. The minimum Gasteiger partial charge on any atom is -0.381 e. The van der Waals surface area contributed by atoms with Gasteiger partial charge in [0.2, 0.25) is 0 Å². The van der Waals surface area contributed by atoms with Crippen molar-refractivity contribution in [3.05, 3.63) is 75.9 Å². The van der Waals surface area contributed by atoms with Gasteiger partial charge in [0.05, 0.1) is 17.6 Å². The molecular weight excluding hydrogens is 447 g/mol. The monoisotopic (exact) mass is 465 g/mol. The van der Waals surface area contributed by atoms with Crippen LogP contribution in [-0.2, 0) is 18.6 Å². The SMILES string of the molecule is CCc1c2cc(Cl)cc(Cl)c2nn1[C@H](C)[C@](O)(Cn1cncn1)c1ccc(F)cc1F. The lowest BCUT2D eigenvalue weighted by Gasteiger charge is -2.35. The highest BCUT2D eigenvalue weighted by molar-refractivity contribution is 6.38. The minimum atomic E-state index is -1.84. The fraction of sp³-hybridized carbons (Fsp3) is 0.286. The standard InChI is InChI=1S/C21H19Cl2F2N5O/c1-3-19-15-6-13(22)7-17(23)20(15)28-30(19)12(2)21(31,9-29-11-26-10-27-29)16-5-4-14(24)8-18(16)25/h4-8,10-12,31H,3,9H2,1-2H3/t12-,21-/m1/s1. The number of aromatic nitrogens is 5. The predicted octanol–water partition coefficient (Wildman–Crippen LogP) is 4.92. The largest absolute Gasteiger partial charge is 0.381 e. The van der Waals surface area contributed by atoms with E-state index in [-0.39, 0.29) is 12.1 Å². The van der Waals surface area contributed by atoms with Crippen LogP contribution in [-0.4, -0.2) is 29.7 Å². The average Bonchev–Trinajstić information content (AvgIpc) is 3.34. The normalized spacial score (nSPS) is 14.7. The molecule has 2 atom stereocenters. The van der Waals surface area contributed by atoms with Gasteiger partial charge in [-0.25, -0.2) is 18.4 Å². The zero-order valence-corrected chi connectivity index (χ0v) is 18.2. The molecule has 0 aliphatic carbocycles. The first-order chi connectivity index (χ1) is 14.7. The quantitative estimate of drug-likeness (QED) is 0.438. The van der Waals surface area contributed by atoms with Crippen molar-refractivity contribution < 1.29 is 13.9 Å². The molecule has 0 spiro atoms. The van der Waals surface area contributed by atoms with Crippen molar-refractivity contribution >= 4 is 34.1 Å². The second kappa shape index (κ2) is 8.18. The van der Waals surface area contributed by atoms with Crippen LogP contribution in [0.3, 0.4) is 0 Å². The van der Waals surface area contributed by atoms with Gasteiger partial charge in [-0.2, -0.15) is 10.2 Å². The van der Waals surface area contributed by atoms with E-state index in [0.29, 0.717) is 22.0 Å². The first-order valence-electron chi connectivity index (χ1n) is 9.61. The van der Waals surface area contributed by atoms with E-state index in [1.54, 1.807) is 23.7 Å². The van der Waals surface area contributed by atoms with Gasteiger partial charge in [-0.1, -0.05) is 36.2 Å². The molecule has 162 valence electrons. The highest BCUT2D eigenvalue weighted by atomic mass is 35.5. The molecule has 31 heavy (non-hydrogen) atoms. The minimum absolute atomic E-state index is 0.0809. The third-order valence-corrected chi connectivity index (χ3v) is 5.99. The topological polar surface area (TPSA) is 68.8 Å². The highest BCUT2D eigenvalue weighted by Crippen LogP contribution is 2.39. The lowest BCUT2D eigenvalue weighted by atomic mass is 9.86. The summed E-state index contributed by atoms with van der Waals surface area (Å²) in [5.74, 6) is -1.61. The molecule has 0 aliphatic rings. The van der Waals surface area contributed by atoms with Gasteiger partial charge in [-0.3, -0.25) is 4.68 Å². The van der Waals surface area contributed by atoms with Crippen LogP contribution in [0.25, 0.3) is 10.9 Å². The van der Waals surface area contributed by atoms with Gasteiger partial charge in [-0.05, 0) is 31.5 Å². The van der Waals surface area contributed by atoms with Crippen LogP contribution in [0.4, 0.5) is 8.78 Å². The molecule has 1 N–H and O–H groups in total. The molecule has 0 saturated carbocycles. The number of aliphatic hydroxyl groups is 1. The Morgan fingerprint density at radius 3 is 2.61 bits per heavy atom. The van der Waals surface area contributed by atoms with Crippen LogP contribution in [0.1, 0.15) is 31.1 Å². The van der Waals surface area contributed by atoms with Crippen molar-refractivity contribution in [2.45, 2.75) is 38.5 Å². The fourth-order valence-electron chi connectivity index (χ4n) is 3.90. The van der Waals surface area contributed by atoms with E-state index in [0.717, 1.165) is 23.2 Å². The molecule has 0 fully saturated rings. The summed E-state index contributed by atoms with van der Waals surface area (Å²) in [4.78, 5) is 3.89. The maximum Gasteiger partial charge on any atom is 0.137 e. The van der Waals surface area contributed by atoms with E-state index >= 15 is 0 Å². The first-order valence-corrected chi connectivity index (χ1v) is 10.4. The fourth-order valence-corrected chi connectivity index (χ4v) is 4.43. The Hall–Kier alpha value is -2.55. The number of hydrogen-bond donors (Lipinski definition) is 1. The number of halogens is 4. The number of benzene rings is 2. The number of rotatable bonds is 6. The van der Waals surface area contributed by atoms with Gasteiger partial charge in [0, 0.05) is 27.7 Å². The molecular formula is C21H19Cl2F2N5O. The average molecular weight is 466 g/mol. The molecule has 0 bridgehead atoms. The Labute approximate surface area is 187 Å². The van der Waals surface area contributed by atoms with Crippen molar-refractivity contribution in [1.29, 1.82) is 0 Å². The van der Waals surface area contributed by atoms with Gasteiger partial charge >= 0.3 is 0 Å². The molecule has 0 amide bonds. The molecule has 0 aliphatic heterocycles. The van der Waals surface area contributed by atoms with Crippen LogP contribution in [0, 0.1) is 11.6 Å². The molecule has 2 heterocycles. The Morgan fingerprint density at radius 2 is 1.97 bits per heavy atom. The van der Waals surface area contributed by atoms with Gasteiger partial charge in [-0.15, -0.1) is 0 Å². The second-order valence-corrected chi connectivity index (χ2v) is 8.19. The Bertz CT molecular complexity index is 1240. The van der Waals surface area contributed by atoms with Gasteiger partial charge < -0.3 is 5.11 Å². The zero-order chi connectivity index (χ0) is 22.3. The Kier molecular flexibility index (Phi) is 5.72. The maximum absolute atomic E-state index is 14.8. The third kappa shape index (κ3) is 3.79. The number of nitrogens with zero attached hydrogens (tertiary/aromatic N) is 5. The van der Waals surface area contributed by atoms with E-state index < -0.39 is 23.3 Å². The molecule has 10 heteroatoms. The van der Waals surface area contributed by atoms with E-state index in [1.807, 2.05) is 6.92 Å². The Morgan fingerprint density at radius 1 is 1.19 bits per heavy atom. The summed E-state index contributed by atoms with van der Waals surface area (Å²) in [7, 11) is 0. The number of fused-ring (bicyclic) bond motifs is 1. The summed E-state index contributed by atoms with van der Waals surface area (Å²) in [6, 6.07) is 5.64. The van der Waals surface area contributed by atoms with Crippen LogP contribution in [0.2, 0.25) is 10.0 Å². The second-order valence-electron chi connectivity index (χ2n) is 7.35. The molecule has 2 aromatic carbocycles. The summed E-state index contributed by atoms with van der Waals surface area (Å²) in [6.45, 7) is 3.51. The first kappa shape index (κ1) is 21.7. The van der Waals surface area contributed by atoms with Gasteiger partial charge in [0.1, 0.15) is 35.4 Å². The lowest BCUT2D eigenvalue weighted by molar-refractivity contribution is -0.0374. The molecule has 2 aromatic heterocycles. The van der Waals surface area contributed by atoms with Crippen LogP contribution < -0.4 is 0 Å². The van der Waals surface area contributed by atoms with Crippen LogP contribution in [0.15, 0.2) is 43.0 Å². The maximum atomic E-state index is 14.8. The molecule has 6 nitrogen and oxygen atoms in total. The van der Waals surface area contributed by atoms with Crippen LogP contribution >= 0.6 is 23.2 Å². The smallest absolute Gasteiger partial charge is 0.137 e. The summed E-state index contributed by atoms with van der Waals surface area (Å²) < 4.78 is 31.4. The van der Waals surface area contributed by atoms with E-state index in [2.05, 4.69) is 15.2 Å². The molecule has 0 saturated heterocycles. The van der Waals surface area contributed by atoms with Gasteiger partial charge in [0.15, 0.2) is 0 Å². The number of hydrogen-bond acceptors (Lipinski definition) is 4. The van der Waals surface area contributed by atoms with Crippen molar-refractivity contribution in [2.75, 3.05) is 0 Å². The third-order valence-electron chi connectivity index (χ3n) is 5.48. The lowest BCUT2D eigenvalue weighted by Crippen LogP contribution is -2.41. The summed E-state index contributed by atoms with van der Waals surface area (Å²) in [5, 5.41) is 22.1. The molecule has 0 unspecified atom stereocenters. The molecule has 0 radical (unpaired) electrons. The summed E-state index contributed by atoms with van der Waals surface area (Å²) >= 11 is 12.5. The molecule has 4 rings (SSSR count). The van der Waals surface area contributed by atoms with Crippen molar-refractivity contribution in [1.82, 2.24) is 24.5 Å². The van der Waals surface area contributed by atoms with Crippen molar-refractivity contribution in [3.63, 3.8) is 0 Å². The van der Waals surface area contributed by atoms with E-state index in [1.165, 1.54) is 23.4 Å².